The van der Waals surface area contributed by atoms with Crippen LogP contribution in [0.1, 0.15) is 42.5 Å². The van der Waals surface area contributed by atoms with E-state index in [1.165, 1.54) is 36.8 Å². The van der Waals surface area contributed by atoms with Gasteiger partial charge in [-0.05, 0) is 55.0 Å². The van der Waals surface area contributed by atoms with Gasteiger partial charge in [0.1, 0.15) is 17.8 Å². The number of aryl methyl sites for hydroxylation is 1. The molecule has 1 aliphatic heterocycles. The summed E-state index contributed by atoms with van der Waals surface area (Å²) in [6, 6.07) is 12.7. The van der Waals surface area contributed by atoms with E-state index in [0.717, 1.165) is 29.7 Å². The number of benzene rings is 2. The summed E-state index contributed by atoms with van der Waals surface area (Å²) in [5.41, 5.74) is 1.27. The van der Waals surface area contributed by atoms with Gasteiger partial charge in [-0.25, -0.2) is 4.79 Å². The predicted octanol–water partition coefficient (Wildman–Crippen LogP) is 3.59. The molecule has 0 spiro atoms. The largest absolute Gasteiger partial charge is 0.435 e. The van der Waals surface area contributed by atoms with Crippen LogP contribution in [0, 0.1) is 0 Å². The topological polar surface area (TPSA) is 79.0 Å². The molecule has 7 nitrogen and oxygen atoms in total. The van der Waals surface area contributed by atoms with Gasteiger partial charge >= 0.3 is 12.6 Å². The SMILES string of the molecule is CN(C(=O)CN1C(=O)N[C@@](C)(c2ccc(OC(F)F)cc2)C1=O)[C@H]1CCCc2ccccc21. The fraction of sp³-hybridized carbons (Fsp3) is 0.375. The number of nitrogens with one attached hydrogen (secondary N) is 1. The second kappa shape index (κ2) is 8.80. The summed E-state index contributed by atoms with van der Waals surface area (Å²) >= 11 is 0. The summed E-state index contributed by atoms with van der Waals surface area (Å²) in [6.07, 6.45) is 2.72. The van der Waals surface area contributed by atoms with Crippen molar-refractivity contribution in [2.45, 2.75) is 44.4 Å². The van der Waals surface area contributed by atoms with Crippen molar-refractivity contribution in [2.24, 2.45) is 0 Å². The van der Waals surface area contributed by atoms with Crippen LogP contribution >= 0.6 is 0 Å². The Morgan fingerprint density at radius 3 is 2.61 bits per heavy atom. The minimum Gasteiger partial charge on any atom is -0.435 e. The number of alkyl halides is 2. The fourth-order valence-corrected chi connectivity index (χ4v) is 4.56. The lowest BCUT2D eigenvalue weighted by molar-refractivity contribution is -0.139. The van der Waals surface area contributed by atoms with Gasteiger partial charge in [-0.3, -0.25) is 14.5 Å². The third-order valence-electron chi connectivity index (χ3n) is 6.42. The number of rotatable bonds is 6. The molecule has 2 aromatic carbocycles. The summed E-state index contributed by atoms with van der Waals surface area (Å²) in [7, 11) is 1.69. The number of urea groups is 1. The third kappa shape index (κ3) is 4.27. The first-order valence-corrected chi connectivity index (χ1v) is 10.7. The molecule has 2 aliphatic rings. The zero-order valence-corrected chi connectivity index (χ0v) is 18.4. The number of fused-ring (bicyclic) bond motifs is 1. The lowest BCUT2D eigenvalue weighted by Crippen LogP contribution is -2.44. The number of carbonyl (C=O) groups is 3. The molecule has 0 unspecified atom stereocenters. The van der Waals surface area contributed by atoms with Gasteiger partial charge in [-0.15, -0.1) is 0 Å². The maximum absolute atomic E-state index is 13.2. The number of hydrogen-bond donors (Lipinski definition) is 1. The highest BCUT2D eigenvalue weighted by molar-refractivity contribution is 6.09. The molecule has 0 radical (unpaired) electrons. The van der Waals surface area contributed by atoms with Crippen LogP contribution in [0.2, 0.25) is 0 Å². The smallest absolute Gasteiger partial charge is 0.387 e. The third-order valence-corrected chi connectivity index (χ3v) is 6.42. The molecule has 0 bridgehead atoms. The van der Waals surface area contributed by atoms with Crippen LogP contribution in [-0.2, 0) is 21.5 Å². The van der Waals surface area contributed by atoms with Gasteiger partial charge < -0.3 is 15.0 Å². The number of ether oxygens (including phenoxy) is 1. The zero-order chi connectivity index (χ0) is 23.8. The number of nitrogens with zero attached hydrogens (tertiary/aromatic N) is 2. The Bertz CT molecular complexity index is 1080. The predicted molar refractivity (Wildman–Crippen MR) is 116 cm³/mol. The Hall–Kier alpha value is -3.49. The Kier molecular flexibility index (Phi) is 6.05. The Labute approximate surface area is 190 Å². The molecule has 9 heteroatoms. The van der Waals surface area contributed by atoms with Crippen LogP contribution in [0.4, 0.5) is 13.6 Å². The zero-order valence-electron chi connectivity index (χ0n) is 18.4. The van der Waals surface area contributed by atoms with Gasteiger partial charge in [0.15, 0.2) is 0 Å². The average Bonchev–Trinajstić information content (AvgIpc) is 3.02. The van der Waals surface area contributed by atoms with E-state index in [4.69, 9.17) is 0 Å². The van der Waals surface area contributed by atoms with Gasteiger partial charge in [0, 0.05) is 7.05 Å². The molecule has 1 saturated heterocycles. The maximum Gasteiger partial charge on any atom is 0.387 e. The van der Waals surface area contributed by atoms with E-state index in [2.05, 4.69) is 16.1 Å². The highest BCUT2D eigenvalue weighted by Gasteiger charge is 2.49. The first-order valence-electron chi connectivity index (χ1n) is 10.7. The molecule has 1 N–H and O–H groups in total. The van der Waals surface area contributed by atoms with Crippen LogP contribution in [0.25, 0.3) is 0 Å². The molecule has 1 fully saturated rings. The van der Waals surface area contributed by atoms with E-state index in [9.17, 15) is 23.2 Å². The monoisotopic (exact) mass is 457 g/mol. The lowest BCUT2D eigenvalue weighted by Gasteiger charge is -2.34. The van der Waals surface area contributed by atoms with E-state index in [-0.39, 0.29) is 24.2 Å². The summed E-state index contributed by atoms with van der Waals surface area (Å²) in [6.45, 7) is -1.84. The van der Waals surface area contributed by atoms with Crippen molar-refractivity contribution < 1.29 is 27.9 Å². The number of likely N-dealkylation sites (N-methyl/N-ethyl adjacent to an activating group) is 1. The highest BCUT2D eigenvalue weighted by atomic mass is 19.3. The van der Waals surface area contributed by atoms with Gasteiger partial charge in [0.2, 0.25) is 5.91 Å². The van der Waals surface area contributed by atoms with Crippen LogP contribution in [0.3, 0.4) is 0 Å². The summed E-state index contributed by atoms with van der Waals surface area (Å²) in [5, 5.41) is 2.62. The molecular formula is C24H25F2N3O4. The Morgan fingerprint density at radius 2 is 1.91 bits per heavy atom. The Morgan fingerprint density at radius 1 is 1.21 bits per heavy atom. The Balaban J connectivity index is 1.48. The van der Waals surface area contributed by atoms with Gasteiger partial charge in [0.25, 0.3) is 5.91 Å². The molecule has 2 aromatic rings. The molecule has 4 rings (SSSR count). The van der Waals surface area contributed by atoms with Crippen molar-refractivity contribution >= 4 is 17.8 Å². The molecule has 1 heterocycles. The quantitative estimate of drug-likeness (QED) is 0.673. The van der Waals surface area contributed by atoms with Crippen LogP contribution in [0.15, 0.2) is 48.5 Å². The molecule has 174 valence electrons. The summed E-state index contributed by atoms with van der Waals surface area (Å²) < 4.78 is 29.1. The fourth-order valence-electron chi connectivity index (χ4n) is 4.56. The average molecular weight is 457 g/mol. The minimum absolute atomic E-state index is 0.0597. The normalized spacial score (nSPS) is 22.2. The first kappa shape index (κ1) is 22.7. The molecule has 1 aliphatic carbocycles. The lowest BCUT2D eigenvalue weighted by atomic mass is 9.87. The summed E-state index contributed by atoms with van der Waals surface area (Å²) in [4.78, 5) is 41.3. The van der Waals surface area contributed by atoms with E-state index in [1.54, 1.807) is 11.9 Å². The second-order valence-corrected chi connectivity index (χ2v) is 8.46. The number of halogens is 2. The number of amides is 4. The number of hydrogen-bond acceptors (Lipinski definition) is 4. The molecule has 33 heavy (non-hydrogen) atoms. The maximum atomic E-state index is 13.2. The van der Waals surface area contributed by atoms with Crippen LogP contribution in [0.5, 0.6) is 5.75 Å². The van der Waals surface area contributed by atoms with Gasteiger partial charge in [-0.2, -0.15) is 8.78 Å². The highest BCUT2D eigenvalue weighted by Crippen LogP contribution is 2.34. The molecule has 0 saturated carbocycles. The number of imide groups is 1. The van der Waals surface area contributed by atoms with Crippen molar-refractivity contribution in [2.75, 3.05) is 13.6 Å². The van der Waals surface area contributed by atoms with Crippen molar-refractivity contribution in [3.8, 4) is 5.75 Å². The molecule has 4 amide bonds. The van der Waals surface area contributed by atoms with E-state index >= 15 is 0 Å². The minimum atomic E-state index is -2.96. The molecule has 0 aromatic heterocycles. The van der Waals surface area contributed by atoms with E-state index in [0.29, 0.717) is 5.56 Å². The van der Waals surface area contributed by atoms with Crippen LogP contribution < -0.4 is 10.1 Å². The van der Waals surface area contributed by atoms with E-state index in [1.807, 2.05) is 18.2 Å². The van der Waals surface area contributed by atoms with Crippen molar-refractivity contribution in [3.05, 3.63) is 65.2 Å². The van der Waals surface area contributed by atoms with Gasteiger partial charge in [0.05, 0.1) is 6.04 Å². The number of carbonyl (C=O) groups excluding carboxylic acids is 3. The van der Waals surface area contributed by atoms with Crippen LogP contribution in [-0.4, -0.2) is 47.8 Å². The standard InChI is InChI=1S/C24H25F2N3O4/c1-24(16-10-12-17(13-11-16)33-22(25)26)21(31)29(23(32)27-24)14-20(30)28(2)19-9-5-7-15-6-3-4-8-18(15)19/h3-4,6,8,10-13,19,22H,5,7,9,14H2,1-2H3,(H,27,32)/t19-,24-/m0/s1. The molecular weight excluding hydrogens is 432 g/mol. The molecule has 2 atom stereocenters. The van der Waals surface area contributed by atoms with Gasteiger partial charge in [-0.1, -0.05) is 36.4 Å². The second-order valence-electron chi connectivity index (χ2n) is 8.46. The van der Waals surface area contributed by atoms with Crippen molar-refractivity contribution in [3.63, 3.8) is 0 Å². The summed E-state index contributed by atoms with van der Waals surface area (Å²) in [5.74, 6) is -0.985. The van der Waals surface area contributed by atoms with Crippen molar-refractivity contribution in [1.82, 2.24) is 15.1 Å². The first-order chi connectivity index (χ1) is 15.7. The van der Waals surface area contributed by atoms with E-state index < -0.39 is 24.1 Å². The van der Waals surface area contributed by atoms with Crippen molar-refractivity contribution in [1.29, 1.82) is 0 Å².